The molecule has 0 amide bonds. The van der Waals surface area contributed by atoms with E-state index < -0.39 is 5.97 Å². The molecule has 0 aliphatic heterocycles. The van der Waals surface area contributed by atoms with E-state index in [1.807, 2.05) is 19.9 Å². The molecule has 0 fully saturated rings. The number of hydrogen-bond acceptors (Lipinski definition) is 6. The largest absolute Gasteiger partial charge is 0.481 e. The van der Waals surface area contributed by atoms with Crippen molar-refractivity contribution in [3.05, 3.63) is 17.5 Å². The van der Waals surface area contributed by atoms with E-state index in [0.717, 1.165) is 17.0 Å². The number of carboxylic acid groups (broad SMARTS) is 1. The number of nitrogens with zero attached hydrogens (tertiary/aromatic N) is 6. The highest BCUT2D eigenvalue weighted by Gasteiger charge is 2.15. The predicted octanol–water partition coefficient (Wildman–Crippen LogP) is 0.476. The standard InChI is InChI=1S/C11H14N6O2/c1-3-9-8(6-7(2)12-13-9)11-14-15-16-17(11)5-4-10(18)19/h6H,3-5H2,1-2H3,(H,18,19). The first-order valence-electron chi connectivity index (χ1n) is 5.93. The average molecular weight is 262 g/mol. The van der Waals surface area contributed by atoms with Crippen molar-refractivity contribution < 1.29 is 9.90 Å². The van der Waals surface area contributed by atoms with Gasteiger partial charge in [-0.05, 0) is 29.8 Å². The molecule has 2 aromatic rings. The molecule has 0 saturated carbocycles. The molecule has 2 rings (SSSR count). The number of aromatic nitrogens is 6. The molecule has 0 aliphatic carbocycles. The lowest BCUT2D eigenvalue weighted by Crippen LogP contribution is -2.09. The molecule has 0 spiro atoms. The zero-order valence-corrected chi connectivity index (χ0v) is 10.7. The second-order valence-electron chi connectivity index (χ2n) is 4.07. The first kappa shape index (κ1) is 13.1. The quantitative estimate of drug-likeness (QED) is 0.834. The Morgan fingerprint density at radius 2 is 2.16 bits per heavy atom. The highest BCUT2D eigenvalue weighted by atomic mass is 16.4. The Morgan fingerprint density at radius 3 is 2.84 bits per heavy atom. The summed E-state index contributed by atoms with van der Waals surface area (Å²) in [6.07, 6.45) is 0.672. The van der Waals surface area contributed by atoms with Gasteiger partial charge in [-0.2, -0.15) is 10.2 Å². The number of carbonyl (C=O) groups is 1. The number of hydrogen-bond donors (Lipinski definition) is 1. The molecule has 0 saturated heterocycles. The molecule has 8 heteroatoms. The third-order valence-corrected chi connectivity index (χ3v) is 2.64. The summed E-state index contributed by atoms with van der Waals surface area (Å²) in [7, 11) is 0. The Hall–Kier alpha value is -2.38. The van der Waals surface area contributed by atoms with Crippen LogP contribution in [0.25, 0.3) is 11.4 Å². The Morgan fingerprint density at radius 1 is 1.37 bits per heavy atom. The lowest BCUT2D eigenvalue weighted by atomic mass is 10.1. The van der Waals surface area contributed by atoms with Gasteiger partial charge in [-0.3, -0.25) is 4.79 Å². The lowest BCUT2D eigenvalue weighted by Gasteiger charge is -2.07. The highest BCUT2D eigenvalue weighted by Crippen LogP contribution is 2.20. The summed E-state index contributed by atoms with van der Waals surface area (Å²) < 4.78 is 1.48. The van der Waals surface area contributed by atoms with Gasteiger partial charge < -0.3 is 5.11 Å². The zero-order valence-electron chi connectivity index (χ0n) is 10.7. The summed E-state index contributed by atoms with van der Waals surface area (Å²) in [5, 5.41) is 28.2. The zero-order chi connectivity index (χ0) is 13.8. The highest BCUT2D eigenvalue weighted by molar-refractivity contribution is 5.66. The van der Waals surface area contributed by atoms with Gasteiger partial charge >= 0.3 is 5.97 Å². The van der Waals surface area contributed by atoms with Crippen LogP contribution in [0.5, 0.6) is 0 Å². The van der Waals surface area contributed by atoms with Crippen molar-refractivity contribution in [1.29, 1.82) is 0 Å². The first-order valence-corrected chi connectivity index (χ1v) is 5.93. The minimum absolute atomic E-state index is 0.0308. The maximum atomic E-state index is 10.6. The summed E-state index contributed by atoms with van der Waals surface area (Å²) >= 11 is 0. The summed E-state index contributed by atoms with van der Waals surface area (Å²) in [4.78, 5) is 10.6. The fourth-order valence-corrected chi connectivity index (χ4v) is 1.72. The van der Waals surface area contributed by atoms with Crippen LogP contribution >= 0.6 is 0 Å². The van der Waals surface area contributed by atoms with Crippen LogP contribution in [0, 0.1) is 6.92 Å². The van der Waals surface area contributed by atoms with Gasteiger partial charge in [0, 0.05) is 5.56 Å². The fourth-order valence-electron chi connectivity index (χ4n) is 1.72. The van der Waals surface area contributed by atoms with Crippen LogP contribution in [0.1, 0.15) is 24.7 Å². The number of rotatable bonds is 5. The van der Waals surface area contributed by atoms with E-state index >= 15 is 0 Å². The SMILES string of the molecule is CCc1nnc(C)cc1-c1nnnn1CCC(=O)O. The second kappa shape index (κ2) is 5.51. The molecule has 8 nitrogen and oxygen atoms in total. The van der Waals surface area contributed by atoms with Crippen molar-refractivity contribution >= 4 is 5.97 Å². The van der Waals surface area contributed by atoms with E-state index in [9.17, 15) is 4.79 Å². The maximum absolute atomic E-state index is 10.6. The maximum Gasteiger partial charge on any atom is 0.305 e. The Kier molecular flexibility index (Phi) is 3.79. The molecule has 2 heterocycles. The van der Waals surface area contributed by atoms with Crippen LogP contribution in [0.15, 0.2) is 6.07 Å². The van der Waals surface area contributed by atoms with Crippen LogP contribution in [0.4, 0.5) is 0 Å². The summed E-state index contributed by atoms with van der Waals surface area (Å²) in [6, 6.07) is 1.86. The van der Waals surface area contributed by atoms with E-state index in [1.165, 1.54) is 4.68 Å². The topological polar surface area (TPSA) is 107 Å². The molecule has 19 heavy (non-hydrogen) atoms. The second-order valence-corrected chi connectivity index (χ2v) is 4.07. The van der Waals surface area contributed by atoms with Crippen molar-refractivity contribution in [2.24, 2.45) is 0 Å². The van der Waals surface area contributed by atoms with Crippen molar-refractivity contribution in [2.45, 2.75) is 33.2 Å². The van der Waals surface area contributed by atoms with Crippen molar-refractivity contribution in [3.63, 3.8) is 0 Å². The number of aliphatic carboxylic acids is 1. The van der Waals surface area contributed by atoms with Crippen LogP contribution < -0.4 is 0 Å². The molecule has 0 radical (unpaired) electrons. The summed E-state index contributed by atoms with van der Waals surface area (Å²) in [6.45, 7) is 4.03. The normalized spacial score (nSPS) is 10.6. The molecule has 1 N–H and O–H groups in total. The van der Waals surface area contributed by atoms with Crippen molar-refractivity contribution in [2.75, 3.05) is 0 Å². The summed E-state index contributed by atoms with van der Waals surface area (Å²) in [5.74, 6) is -0.364. The third-order valence-electron chi connectivity index (χ3n) is 2.64. The van der Waals surface area contributed by atoms with Crippen LogP contribution in [-0.4, -0.2) is 41.5 Å². The van der Waals surface area contributed by atoms with Crippen LogP contribution in [0.3, 0.4) is 0 Å². The monoisotopic (exact) mass is 262 g/mol. The molecule has 0 unspecified atom stereocenters. The van der Waals surface area contributed by atoms with Gasteiger partial charge in [0.25, 0.3) is 0 Å². The van der Waals surface area contributed by atoms with E-state index in [0.29, 0.717) is 12.2 Å². The number of carboxylic acids is 1. The van der Waals surface area contributed by atoms with Crippen molar-refractivity contribution in [3.8, 4) is 11.4 Å². The van der Waals surface area contributed by atoms with E-state index in [-0.39, 0.29) is 13.0 Å². The van der Waals surface area contributed by atoms with Gasteiger partial charge in [-0.25, -0.2) is 4.68 Å². The Labute approximate surface area is 109 Å². The predicted molar refractivity (Wildman–Crippen MR) is 65.2 cm³/mol. The average Bonchev–Trinajstić information content (AvgIpc) is 2.84. The van der Waals surface area contributed by atoms with Gasteiger partial charge in [0.2, 0.25) is 0 Å². The fraction of sp³-hybridized carbons (Fsp3) is 0.455. The van der Waals surface area contributed by atoms with Gasteiger partial charge in [0.1, 0.15) is 0 Å². The lowest BCUT2D eigenvalue weighted by molar-refractivity contribution is -0.137. The van der Waals surface area contributed by atoms with Gasteiger partial charge in [0.05, 0.1) is 24.4 Å². The molecule has 0 bridgehead atoms. The molecular weight excluding hydrogens is 248 g/mol. The Balaban J connectivity index is 2.39. The molecule has 0 atom stereocenters. The van der Waals surface area contributed by atoms with Crippen LogP contribution in [0.2, 0.25) is 0 Å². The minimum atomic E-state index is -0.888. The molecule has 100 valence electrons. The van der Waals surface area contributed by atoms with Gasteiger partial charge in [-0.15, -0.1) is 5.10 Å². The number of aryl methyl sites for hydroxylation is 3. The molecular formula is C11H14N6O2. The smallest absolute Gasteiger partial charge is 0.305 e. The first-order chi connectivity index (χ1) is 9.11. The molecule has 2 aromatic heterocycles. The summed E-state index contributed by atoms with van der Waals surface area (Å²) in [5.41, 5.74) is 2.35. The number of tetrazole rings is 1. The van der Waals surface area contributed by atoms with Crippen molar-refractivity contribution in [1.82, 2.24) is 30.4 Å². The minimum Gasteiger partial charge on any atom is -0.481 e. The van der Waals surface area contributed by atoms with E-state index in [2.05, 4.69) is 25.7 Å². The third kappa shape index (κ3) is 2.90. The van der Waals surface area contributed by atoms with Crippen LogP contribution in [-0.2, 0) is 17.8 Å². The Bertz CT molecular complexity index is 595. The molecule has 0 aliphatic rings. The van der Waals surface area contributed by atoms with E-state index in [4.69, 9.17) is 5.11 Å². The molecule has 0 aromatic carbocycles. The van der Waals surface area contributed by atoms with E-state index in [1.54, 1.807) is 0 Å². The van der Waals surface area contributed by atoms with Gasteiger partial charge in [0.15, 0.2) is 5.82 Å². The van der Waals surface area contributed by atoms with Gasteiger partial charge in [-0.1, -0.05) is 6.92 Å².